The maximum absolute atomic E-state index is 12.8. The summed E-state index contributed by atoms with van der Waals surface area (Å²) in [6, 6.07) is 0. The third kappa shape index (κ3) is 32.4. The van der Waals surface area contributed by atoms with Crippen LogP contribution in [-0.2, 0) is 38.7 Å². The zero-order valence-corrected chi connectivity index (χ0v) is 38.1. The lowest BCUT2D eigenvalue weighted by Crippen LogP contribution is -2.60. The first kappa shape index (κ1) is 56.1. The topological polar surface area (TPSA) is 186 Å². The number of carbonyl (C=O) groups is 2. The first-order chi connectivity index (χ1) is 29.5. The van der Waals surface area contributed by atoms with E-state index in [-0.39, 0.29) is 19.4 Å². The lowest BCUT2D eigenvalue weighted by molar-refractivity contribution is -0.297. The fourth-order valence-corrected chi connectivity index (χ4v) is 7.15. The number of allylic oxidation sites excluding steroid dienone is 12. The Bertz CT molecular complexity index is 1400. The molecule has 0 amide bonds. The molecule has 0 spiro atoms. The maximum atomic E-state index is 12.8. The summed E-state index contributed by atoms with van der Waals surface area (Å²) in [5.74, 6) is -2.05. The number of ether oxygens (including phenoxy) is 4. The van der Waals surface area contributed by atoms with Gasteiger partial charge in [0.05, 0.1) is 6.61 Å². The summed E-state index contributed by atoms with van der Waals surface area (Å²) >= 11 is 0. The second kappa shape index (κ2) is 37.6. The van der Waals surface area contributed by atoms with E-state index >= 15 is 0 Å². The van der Waals surface area contributed by atoms with Gasteiger partial charge in [0.2, 0.25) is 0 Å². The van der Waals surface area contributed by atoms with Crippen molar-refractivity contribution in [1.82, 2.24) is 0 Å². The quantitative estimate of drug-likeness (QED) is 0.0201. The highest BCUT2D eigenvalue weighted by molar-refractivity contribution is 7.85. The predicted octanol–water partition coefficient (Wildman–Crippen LogP) is 9.50. The van der Waals surface area contributed by atoms with Gasteiger partial charge in [-0.2, -0.15) is 8.42 Å². The molecule has 1 aliphatic heterocycles. The first-order valence-corrected chi connectivity index (χ1v) is 24.6. The molecule has 1 rings (SSSR count). The van der Waals surface area contributed by atoms with Gasteiger partial charge < -0.3 is 34.3 Å². The van der Waals surface area contributed by atoms with Crippen molar-refractivity contribution >= 4 is 22.1 Å². The Hall–Kier alpha value is -2.91. The summed E-state index contributed by atoms with van der Waals surface area (Å²) in [5.41, 5.74) is 0. The van der Waals surface area contributed by atoms with Crippen LogP contribution in [0.1, 0.15) is 162 Å². The van der Waals surface area contributed by atoms with E-state index in [4.69, 9.17) is 18.9 Å². The van der Waals surface area contributed by atoms with Gasteiger partial charge in [-0.15, -0.1) is 0 Å². The number of esters is 2. The zero-order valence-electron chi connectivity index (χ0n) is 37.2. The monoisotopic (exact) mass is 881 g/mol. The van der Waals surface area contributed by atoms with E-state index in [1.807, 2.05) is 0 Å². The second-order valence-corrected chi connectivity index (χ2v) is 17.2. The Morgan fingerprint density at radius 2 is 1.03 bits per heavy atom. The van der Waals surface area contributed by atoms with Crippen LogP contribution in [0.5, 0.6) is 0 Å². The summed E-state index contributed by atoms with van der Waals surface area (Å²) in [5, 5.41) is 30.9. The third-order valence-corrected chi connectivity index (χ3v) is 10.8. The number of hydrogen-bond donors (Lipinski definition) is 4. The van der Waals surface area contributed by atoms with E-state index in [2.05, 4.69) is 86.8 Å². The molecular weight excluding hydrogens is 801 g/mol. The molecule has 0 aliphatic carbocycles. The van der Waals surface area contributed by atoms with Crippen molar-refractivity contribution in [2.45, 2.75) is 198 Å². The Morgan fingerprint density at radius 3 is 1.57 bits per heavy atom. The lowest BCUT2D eigenvalue weighted by Gasteiger charge is -2.40. The number of unbranched alkanes of at least 4 members (excludes halogenated alkanes) is 13. The normalized spacial score (nSPS) is 20.7. The average Bonchev–Trinajstić information content (AvgIpc) is 3.22. The van der Waals surface area contributed by atoms with E-state index in [9.17, 15) is 37.9 Å². The Kier molecular flexibility index (Phi) is 34.6. The number of aliphatic hydroxyl groups is 3. The van der Waals surface area contributed by atoms with Crippen LogP contribution < -0.4 is 0 Å². The molecule has 0 aromatic rings. The zero-order chi connectivity index (χ0) is 44.8. The van der Waals surface area contributed by atoms with E-state index in [1.54, 1.807) is 0 Å². The first-order valence-electron chi connectivity index (χ1n) is 23.0. The molecule has 0 aromatic heterocycles. The molecule has 6 unspecified atom stereocenters. The van der Waals surface area contributed by atoms with Crippen LogP contribution >= 0.6 is 0 Å². The highest BCUT2D eigenvalue weighted by Gasteiger charge is 2.46. The highest BCUT2D eigenvalue weighted by atomic mass is 32.2. The molecule has 0 saturated carbocycles. The molecule has 13 heteroatoms. The van der Waals surface area contributed by atoms with Gasteiger partial charge in [-0.05, 0) is 83.5 Å². The Balaban J connectivity index is 2.48. The van der Waals surface area contributed by atoms with Crippen LogP contribution in [0.15, 0.2) is 72.9 Å². The predicted molar refractivity (Wildman–Crippen MR) is 242 cm³/mol. The molecule has 0 radical (unpaired) electrons. The van der Waals surface area contributed by atoms with Gasteiger partial charge in [-0.25, -0.2) is 0 Å². The van der Waals surface area contributed by atoms with E-state index in [0.29, 0.717) is 12.8 Å². The minimum Gasteiger partial charge on any atom is -0.462 e. The molecule has 1 saturated heterocycles. The van der Waals surface area contributed by atoms with Crippen molar-refractivity contribution in [1.29, 1.82) is 0 Å². The van der Waals surface area contributed by atoms with Crippen molar-refractivity contribution in [2.24, 2.45) is 0 Å². The molecule has 12 nitrogen and oxygen atoms in total. The highest BCUT2D eigenvalue weighted by Crippen LogP contribution is 2.24. The summed E-state index contributed by atoms with van der Waals surface area (Å²) in [6.07, 6.45) is 38.0. The van der Waals surface area contributed by atoms with Gasteiger partial charge in [-0.1, -0.05) is 138 Å². The standard InChI is InChI=1S/C48H80O12S/c1-3-5-7-9-11-13-15-17-19-20-21-22-23-25-27-29-31-33-35-37-44(50)59-41(39-58-48-47(53)46(52)45(51)42(60-48)40-61(54,55)56)38-57-43(49)36-34-32-30-28-26-24-18-16-14-12-10-8-6-4-2/h5,7,11,13,16-19,21-22,25,27,41-42,45-48,51-53H,3-4,6,8-10,12,14-15,20,23-24,26,28-40H2,1-2H3,(H,54,55,56)/b7-5-,13-11-,18-16-,19-17-,22-21-,27-25-. The smallest absolute Gasteiger partial charge is 0.306 e. The lowest BCUT2D eigenvalue weighted by atomic mass is 10.00. The summed E-state index contributed by atoms with van der Waals surface area (Å²) in [7, 11) is -4.61. The number of carbonyl (C=O) groups excluding carboxylic acids is 2. The van der Waals surface area contributed by atoms with E-state index in [0.717, 1.165) is 89.9 Å². The minimum atomic E-state index is -4.61. The third-order valence-electron chi connectivity index (χ3n) is 10.0. The van der Waals surface area contributed by atoms with Crippen LogP contribution in [-0.4, -0.2) is 96.0 Å². The van der Waals surface area contributed by atoms with Crippen molar-refractivity contribution in [2.75, 3.05) is 19.0 Å². The van der Waals surface area contributed by atoms with E-state index < -0.39 is 71.2 Å². The van der Waals surface area contributed by atoms with Gasteiger partial charge in [-0.3, -0.25) is 14.1 Å². The van der Waals surface area contributed by atoms with Crippen molar-refractivity contribution in [3.63, 3.8) is 0 Å². The maximum Gasteiger partial charge on any atom is 0.306 e. The van der Waals surface area contributed by atoms with Gasteiger partial charge >= 0.3 is 11.9 Å². The fourth-order valence-electron chi connectivity index (χ4n) is 6.46. The summed E-state index contributed by atoms with van der Waals surface area (Å²) in [6.45, 7) is 3.59. The largest absolute Gasteiger partial charge is 0.462 e. The molecule has 6 atom stereocenters. The molecule has 1 fully saturated rings. The molecule has 61 heavy (non-hydrogen) atoms. The SMILES string of the molecule is CC/C=C\C/C=C\C/C=C\C/C=C\C/C=C\CCCCCC(=O)OC(COC(=O)CCCCCCC/C=C\CCCCCCC)COC1OC(CS(=O)(=O)O)C(O)C(O)C1O. The minimum absolute atomic E-state index is 0.120. The number of aliphatic hydroxyl groups excluding tert-OH is 3. The molecule has 350 valence electrons. The van der Waals surface area contributed by atoms with Crippen molar-refractivity contribution < 1.29 is 56.8 Å². The molecule has 1 heterocycles. The number of rotatable bonds is 37. The van der Waals surface area contributed by atoms with Gasteiger partial charge in [0.25, 0.3) is 10.1 Å². The Morgan fingerprint density at radius 1 is 0.574 bits per heavy atom. The molecule has 0 aromatic carbocycles. The van der Waals surface area contributed by atoms with Crippen LogP contribution in [0.25, 0.3) is 0 Å². The van der Waals surface area contributed by atoms with Crippen molar-refractivity contribution in [3.05, 3.63) is 72.9 Å². The second-order valence-electron chi connectivity index (χ2n) is 15.7. The van der Waals surface area contributed by atoms with Crippen LogP contribution in [0.4, 0.5) is 0 Å². The average molecular weight is 881 g/mol. The Labute approximate surface area is 368 Å². The summed E-state index contributed by atoms with van der Waals surface area (Å²) in [4.78, 5) is 25.4. The van der Waals surface area contributed by atoms with Gasteiger partial charge in [0.15, 0.2) is 12.4 Å². The molecule has 4 N–H and O–H groups in total. The van der Waals surface area contributed by atoms with Gasteiger partial charge in [0, 0.05) is 12.8 Å². The van der Waals surface area contributed by atoms with Crippen LogP contribution in [0, 0.1) is 0 Å². The van der Waals surface area contributed by atoms with Gasteiger partial charge in [0.1, 0.15) is 36.8 Å². The molecule has 1 aliphatic rings. The number of hydrogen-bond acceptors (Lipinski definition) is 11. The van der Waals surface area contributed by atoms with Crippen molar-refractivity contribution in [3.8, 4) is 0 Å². The molecule has 0 bridgehead atoms. The fraction of sp³-hybridized carbons (Fsp3) is 0.708. The van der Waals surface area contributed by atoms with E-state index in [1.165, 1.54) is 32.1 Å². The van der Waals surface area contributed by atoms with Crippen LogP contribution in [0.2, 0.25) is 0 Å². The summed E-state index contributed by atoms with van der Waals surface area (Å²) < 4.78 is 54.0. The van der Waals surface area contributed by atoms with Crippen LogP contribution in [0.3, 0.4) is 0 Å². The molecular formula is C48H80O12S.